The van der Waals surface area contributed by atoms with Crippen molar-refractivity contribution in [3.63, 3.8) is 0 Å². The number of anilines is 2. The minimum atomic E-state index is -4.68. The maximum absolute atomic E-state index is 12.3. The first-order chi connectivity index (χ1) is 9.90. The van der Waals surface area contributed by atoms with Crippen molar-refractivity contribution in [3.05, 3.63) is 53.6 Å². The number of fused-ring (bicyclic) bond motifs is 1. The van der Waals surface area contributed by atoms with Crippen molar-refractivity contribution >= 4 is 11.4 Å². The molecule has 2 aromatic carbocycles. The Bertz CT molecular complexity index is 670. The fraction of sp³-hybridized carbons (Fsp3) is 0.200. The van der Waals surface area contributed by atoms with E-state index < -0.39 is 6.36 Å². The summed E-state index contributed by atoms with van der Waals surface area (Å²) in [5.41, 5.74) is 9.34. The number of alkyl halides is 3. The topological polar surface area (TPSA) is 38.5 Å². The molecule has 110 valence electrons. The molecule has 6 heteroatoms. The van der Waals surface area contributed by atoms with Gasteiger partial charge in [-0.3, -0.25) is 0 Å². The molecule has 0 atom stereocenters. The molecule has 1 aliphatic rings. The molecule has 0 amide bonds. The van der Waals surface area contributed by atoms with Gasteiger partial charge in [-0.1, -0.05) is 12.1 Å². The SMILES string of the molecule is Nc1ccc2c(c1)CN(c1cccc(OC(F)(F)F)c1)C2. The Balaban J connectivity index is 1.82. The van der Waals surface area contributed by atoms with Gasteiger partial charge in [-0.2, -0.15) is 0 Å². The van der Waals surface area contributed by atoms with Crippen LogP contribution in [-0.2, 0) is 13.1 Å². The normalized spacial score (nSPS) is 14.1. The van der Waals surface area contributed by atoms with E-state index in [1.54, 1.807) is 12.1 Å². The van der Waals surface area contributed by atoms with E-state index in [1.165, 1.54) is 12.1 Å². The van der Waals surface area contributed by atoms with Crippen molar-refractivity contribution in [2.75, 3.05) is 10.6 Å². The molecule has 0 unspecified atom stereocenters. The number of ether oxygens (including phenoxy) is 1. The van der Waals surface area contributed by atoms with E-state index in [-0.39, 0.29) is 5.75 Å². The average Bonchev–Trinajstić information content (AvgIpc) is 2.80. The summed E-state index contributed by atoms with van der Waals surface area (Å²) in [6.07, 6.45) is -4.68. The Hall–Kier alpha value is -2.37. The molecule has 0 spiro atoms. The zero-order valence-corrected chi connectivity index (χ0v) is 11.0. The van der Waals surface area contributed by atoms with E-state index in [0.717, 1.165) is 11.1 Å². The van der Waals surface area contributed by atoms with Gasteiger partial charge < -0.3 is 15.4 Å². The van der Waals surface area contributed by atoms with Crippen LogP contribution < -0.4 is 15.4 Å². The highest BCUT2D eigenvalue weighted by atomic mass is 19.4. The van der Waals surface area contributed by atoms with Crippen LogP contribution in [0.1, 0.15) is 11.1 Å². The zero-order valence-electron chi connectivity index (χ0n) is 11.0. The Labute approximate surface area is 119 Å². The maximum Gasteiger partial charge on any atom is 0.573 e. The standard InChI is InChI=1S/C15H13F3N2O/c16-15(17,18)21-14-3-1-2-13(7-14)20-8-10-4-5-12(19)6-11(10)9-20/h1-7H,8-9,19H2. The Morgan fingerprint density at radius 2 is 1.76 bits per heavy atom. The number of rotatable bonds is 2. The van der Waals surface area contributed by atoms with Crippen LogP contribution in [-0.4, -0.2) is 6.36 Å². The third-order valence-electron chi connectivity index (χ3n) is 3.37. The number of benzene rings is 2. The van der Waals surface area contributed by atoms with Crippen LogP contribution >= 0.6 is 0 Å². The molecule has 0 fully saturated rings. The second-order valence-corrected chi connectivity index (χ2v) is 4.93. The number of hydrogen-bond donors (Lipinski definition) is 1. The van der Waals surface area contributed by atoms with E-state index in [1.807, 2.05) is 23.1 Å². The quantitative estimate of drug-likeness (QED) is 0.859. The van der Waals surface area contributed by atoms with Crippen molar-refractivity contribution < 1.29 is 17.9 Å². The molecule has 0 saturated carbocycles. The summed E-state index contributed by atoms with van der Waals surface area (Å²) in [5, 5.41) is 0. The average molecular weight is 294 g/mol. The molecule has 2 N–H and O–H groups in total. The number of halogens is 3. The van der Waals surface area contributed by atoms with Gasteiger partial charge in [0.05, 0.1) is 0 Å². The van der Waals surface area contributed by atoms with Crippen molar-refractivity contribution in [2.45, 2.75) is 19.5 Å². The molecule has 0 aliphatic carbocycles. The number of nitrogen functional groups attached to an aromatic ring is 1. The summed E-state index contributed by atoms with van der Waals surface area (Å²) in [7, 11) is 0. The Kier molecular flexibility index (Phi) is 3.16. The van der Waals surface area contributed by atoms with Crippen molar-refractivity contribution in [3.8, 4) is 5.75 Å². The van der Waals surface area contributed by atoms with Crippen LogP contribution in [0.15, 0.2) is 42.5 Å². The van der Waals surface area contributed by atoms with Crippen LogP contribution in [0.25, 0.3) is 0 Å². The lowest BCUT2D eigenvalue weighted by Gasteiger charge is -2.19. The number of nitrogens with two attached hydrogens (primary N) is 1. The van der Waals surface area contributed by atoms with Crippen LogP contribution in [0.2, 0.25) is 0 Å². The number of nitrogens with zero attached hydrogens (tertiary/aromatic N) is 1. The Morgan fingerprint density at radius 3 is 2.52 bits per heavy atom. The molecule has 3 nitrogen and oxygen atoms in total. The van der Waals surface area contributed by atoms with Crippen molar-refractivity contribution in [1.29, 1.82) is 0 Å². The summed E-state index contributed by atoms with van der Waals surface area (Å²) in [4.78, 5) is 1.98. The lowest BCUT2D eigenvalue weighted by Crippen LogP contribution is -2.18. The van der Waals surface area contributed by atoms with Gasteiger partial charge in [0.1, 0.15) is 5.75 Å². The van der Waals surface area contributed by atoms with Crippen LogP contribution in [0, 0.1) is 0 Å². The summed E-state index contributed by atoms with van der Waals surface area (Å²) >= 11 is 0. The molecular weight excluding hydrogens is 281 g/mol. The van der Waals surface area contributed by atoms with E-state index in [0.29, 0.717) is 24.5 Å². The van der Waals surface area contributed by atoms with Gasteiger partial charge in [0.15, 0.2) is 0 Å². The Morgan fingerprint density at radius 1 is 1.00 bits per heavy atom. The molecule has 1 aliphatic heterocycles. The van der Waals surface area contributed by atoms with Gasteiger partial charge in [-0.15, -0.1) is 13.2 Å². The summed E-state index contributed by atoms with van der Waals surface area (Å²) in [6.45, 7) is 1.26. The largest absolute Gasteiger partial charge is 0.573 e. The van der Waals surface area contributed by atoms with Crippen LogP contribution in [0.5, 0.6) is 5.75 Å². The summed E-state index contributed by atoms with van der Waals surface area (Å²) in [5.74, 6) is -0.213. The maximum atomic E-state index is 12.3. The fourth-order valence-corrected chi connectivity index (χ4v) is 2.47. The van der Waals surface area contributed by atoms with Gasteiger partial charge in [0.2, 0.25) is 0 Å². The lowest BCUT2D eigenvalue weighted by molar-refractivity contribution is -0.274. The molecule has 0 aromatic heterocycles. The molecule has 1 heterocycles. The third kappa shape index (κ3) is 3.04. The van der Waals surface area contributed by atoms with Gasteiger partial charge >= 0.3 is 6.36 Å². The monoisotopic (exact) mass is 294 g/mol. The van der Waals surface area contributed by atoms with Crippen molar-refractivity contribution in [2.24, 2.45) is 0 Å². The third-order valence-corrected chi connectivity index (χ3v) is 3.37. The first-order valence-electron chi connectivity index (χ1n) is 6.39. The second kappa shape index (κ2) is 4.87. The molecule has 2 aromatic rings. The molecular formula is C15H13F3N2O. The fourth-order valence-electron chi connectivity index (χ4n) is 2.47. The smallest absolute Gasteiger partial charge is 0.406 e. The molecule has 0 radical (unpaired) electrons. The van der Waals surface area contributed by atoms with E-state index in [4.69, 9.17) is 5.73 Å². The minimum absolute atomic E-state index is 0.213. The van der Waals surface area contributed by atoms with Crippen LogP contribution in [0.3, 0.4) is 0 Å². The van der Waals surface area contributed by atoms with Crippen molar-refractivity contribution in [1.82, 2.24) is 0 Å². The van der Waals surface area contributed by atoms with E-state index >= 15 is 0 Å². The molecule has 3 rings (SSSR count). The first kappa shape index (κ1) is 13.6. The highest BCUT2D eigenvalue weighted by molar-refractivity contribution is 5.57. The zero-order chi connectivity index (χ0) is 15.0. The van der Waals surface area contributed by atoms with Gasteiger partial charge in [-0.25, -0.2) is 0 Å². The predicted molar refractivity (Wildman–Crippen MR) is 73.9 cm³/mol. The summed E-state index contributed by atoms with van der Waals surface area (Å²) in [6, 6.07) is 11.7. The highest BCUT2D eigenvalue weighted by Gasteiger charge is 2.31. The molecule has 0 saturated heterocycles. The minimum Gasteiger partial charge on any atom is -0.406 e. The van der Waals surface area contributed by atoms with Gasteiger partial charge in [-0.05, 0) is 35.4 Å². The predicted octanol–water partition coefficient (Wildman–Crippen LogP) is 3.69. The summed E-state index contributed by atoms with van der Waals surface area (Å²) < 4.78 is 40.7. The van der Waals surface area contributed by atoms with Gasteiger partial charge in [0, 0.05) is 30.5 Å². The van der Waals surface area contributed by atoms with E-state index in [9.17, 15) is 13.2 Å². The number of hydrogen-bond acceptors (Lipinski definition) is 3. The lowest BCUT2D eigenvalue weighted by atomic mass is 10.1. The van der Waals surface area contributed by atoms with E-state index in [2.05, 4.69) is 4.74 Å². The first-order valence-corrected chi connectivity index (χ1v) is 6.39. The van der Waals surface area contributed by atoms with Crippen LogP contribution in [0.4, 0.5) is 24.5 Å². The molecule has 0 bridgehead atoms. The van der Waals surface area contributed by atoms with Gasteiger partial charge in [0.25, 0.3) is 0 Å². The highest BCUT2D eigenvalue weighted by Crippen LogP contribution is 2.32. The second-order valence-electron chi connectivity index (χ2n) is 4.93. The molecule has 21 heavy (non-hydrogen) atoms.